The lowest BCUT2D eigenvalue weighted by Gasteiger charge is -2.34. The predicted molar refractivity (Wildman–Crippen MR) is 91.4 cm³/mol. The van der Waals surface area contributed by atoms with Gasteiger partial charge in [-0.25, -0.2) is 9.97 Å². The van der Waals surface area contributed by atoms with Crippen molar-refractivity contribution in [1.82, 2.24) is 20.0 Å². The molecule has 0 aromatic carbocycles. The first-order chi connectivity index (χ1) is 12.1. The van der Waals surface area contributed by atoms with Gasteiger partial charge in [-0.15, -0.1) is 0 Å². The van der Waals surface area contributed by atoms with E-state index in [2.05, 4.69) is 27.4 Å². The summed E-state index contributed by atoms with van der Waals surface area (Å²) in [5.41, 5.74) is 1.15. The predicted octanol–water partition coefficient (Wildman–Crippen LogP) is 1.98. The monoisotopic (exact) mass is 345 g/mol. The zero-order valence-electron chi connectivity index (χ0n) is 14.8. The lowest BCUT2D eigenvalue weighted by molar-refractivity contribution is -0.00572. The fraction of sp³-hybridized carbons (Fsp3) is 0.529. The molecule has 3 heterocycles. The molecule has 1 atom stereocenters. The van der Waals surface area contributed by atoms with E-state index in [1.165, 1.54) is 0 Å². The van der Waals surface area contributed by atoms with E-state index in [4.69, 9.17) is 9.26 Å². The standard InChI is InChI=1S/C17H23N5O3/c1-4-5-12-9-13(21-25-12)17(23)22-6-7-24-10-14(22)16-19-11(2)8-15(18-3)20-16/h8-9,14H,4-7,10H2,1-3H3,(H,18,19,20)/t14-/m1/s1. The third kappa shape index (κ3) is 3.79. The average molecular weight is 345 g/mol. The molecule has 3 rings (SSSR count). The highest BCUT2D eigenvalue weighted by Gasteiger charge is 2.33. The molecule has 0 unspecified atom stereocenters. The van der Waals surface area contributed by atoms with Crippen molar-refractivity contribution in [3.05, 3.63) is 35.1 Å². The molecule has 1 aliphatic heterocycles. The van der Waals surface area contributed by atoms with Crippen molar-refractivity contribution < 1.29 is 14.1 Å². The number of carbonyl (C=O) groups is 1. The van der Waals surface area contributed by atoms with E-state index in [9.17, 15) is 4.79 Å². The van der Waals surface area contributed by atoms with Crippen molar-refractivity contribution in [3.8, 4) is 0 Å². The Bertz CT molecular complexity index is 746. The zero-order valence-corrected chi connectivity index (χ0v) is 14.8. The fourth-order valence-electron chi connectivity index (χ4n) is 2.85. The van der Waals surface area contributed by atoms with Crippen LogP contribution in [-0.2, 0) is 11.2 Å². The van der Waals surface area contributed by atoms with E-state index in [0.717, 1.165) is 24.3 Å². The van der Waals surface area contributed by atoms with Crippen LogP contribution in [0.1, 0.15) is 47.2 Å². The second-order valence-corrected chi connectivity index (χ2v) is 6.02. The van der Waals surface area contributed by atoms with Crippen LogP contribution in [0.25, 0.3) is 0 Å². The molecule has 1 aliphatic rings. The van der Waals surface area contributed by atoms with Crippen LogP contribution in [-0.4, -0.2) is 52.7 Å². The quantitative estimate of drug-likeness (QED) is 0.885. The highest BCUT2D eigenvalue weighted by Crippen LogP contribution is 2.25. The molecule has 0 aliphatic carbocycles. The van der Waals surface area contributed by atoms with E-state index in [1.54, 1.807) is 18.0 Å². The maximum atomic E-state index is 12.9. The molecular weight excluding hydrogens is 322 g/mol. The Kier molecular flexibility index (Phi) is 5.28. The second kappa shape index (κ2) is 7.60. The number of amides is 1. The molecule has 0 bridgehead atoms. The van der Waals surface area contributed by atoms with Crippen LogP contribution in [0, 0.1) is 6.92 Å². The lowest BCUT2D eigenvalue weighted by Crippen LogP contribution is -2.44. The van der Waals surface area contributed by atoms with Gasteiger partial charge in [-0.3, -0.25) is 4.79 Å². The van der Waals surface area contributed by atoms with Crippen molar-refractivity contribution in [3.63, 3.8) is 0 Å². The molecule has 25 heavy (non-hydrogen) atoms. The Hall–Kier alpha value is -2.48. The van der Waals surface area contributed by atoms with Crippen molar-refractivity contribution in [2.75, 3.05) is 32.1 Å². The summed E-state index contributed by atoms with van der Waals surface area (Å²) in [6, 6.07) is 3.22. The van der Waals surface area contributed by atoms with Crippen LogP contribution in [0.4, 0.5) is 5.82 Å². The summed E-state index contributed by atoms with van der Waals surface area (Å²) >= 11 is 0. The van der Waals surface area contributed by atoms with E-state index in [1.807, 2.05) is 13.0 Å². The minimum atomic E-state index is -0.348. The van der Waals surface area contributed by atoms with E-state index >= 15 is 0 Å². The van der Waals surface area contributed by atoms with E-state index < -0.39 is 0 Å². The van der Waals surface area contributed by atoms with Crippen LogP contribution < -0.4 is 5.32 Å². The highest BCUT2D eigenvalue weighted by molar-refractivity contribution is 5.92. The Labute approximate surface area is 146 Å². The first kappa shape index (κ1) is 17.3. The summed E-state index contributed by atoms with van der Waals surface area (Å²) in [4.78, 5) is 23.6. The van der Waals surface area contributed by atoms with Crippen molar-refractivity contribution >= 4 is 11.7 Å². The Balaban J connectivity index is 1.87. The summed E-state index contributed by atoms with van der Waals surface area (Å²) in [6.45, 7) is 5.25. The molecule has 1 saturated heterocycles. The Morgan fingerprint density at radius 3 is 3.00 bits per heavy atom. The lowest BCUT2D eigenvalue weighted by atomic mass is 10.1. The van der Waals surface area contributed by atoms with Gasteiger partial charge in [0.25, 0.3) is 5.91 Å². The molecule has 134 valence electrons. The summed E-state index contributed by atoms with van der Waals surface area (Å²) in [7, 11) is 1.80. The number of rotatable bonds is 5. The number of morpholine rings is 1. The number of aryl methyl sites for hydroxylation is 2. The summed E-state index contributed by atoms with van der Waals surface area (Å²) in [5.74, 6) is 1.82. The summed E-state index contributed by atoms with van der Waals surface area (Å²) < 4.78 is 10.8. The number of hydrogen-bond donors (Lipinski definition) is 1. The normalized spacial score (nSPS) is 17.6. The molecule has 0 spiro atoms. The molecular formula is C17H23N5O3. The number of nitrogens with zero attached hydrogens (tertiary/aromatic N) is 4. The van der Waals surface area contributed by atoms with Crippen LogP contribution in [0.5, 0.6) is 0 Å². The van der Waals surface area contributed by atoms with Crippen LogP contribution in [0.2, 0.25) is 0 Å². The molecule has 1 fully saturated rings. The molecule has 1 amide bonds. The number of anilines is 1. The van der Waals surface area contributed by atoms with Gasteiger partial charge in [-0.1, -0.05) is 12.1 Å². The van der Waals surface area contributed by atoms with Crippen LogP contribution in [0.15, 0.2) is 16.7 Å². The number of hydrogen-bond acceptors (Lipinski definition) is 7. The molecule has 2 aromatic rings. The van der Waals surface area contributed by atoms with Gasteiger partial charge in [0.05, 0.1) is 13.2 Å². The molecule has 1 N–H and O–H groups in total. The molecule has 0 saturated carbocycles. The van der Waals surface area contributed by atoms with E-state index in [0.29, 0.717) is 37.1 Å². The molecule has 2 aromatic heterocycles. The number of ether oxygens (including phenoxy) is 1. The van der Waals surface area contributed by atoms with Gasteiger partial charge in [0.15, 0.2) is 11.5 Å². The van der Waals surface area contributed by atoms with Gasteiger partial charge in [-0.05, 0) is 13.3 Å². The minimum absolute atomic E-state index is 0.185. The number of carbonyl (C=O) groups excluding carboxylic acids is 1. The van der Waals surface area contributed by atoms with Crippen molar-refractivity contribution in [2.45, 2.75) is 32.7 Å². The maximum Gasteiger partial charge on any atom is 0.276 e. The fourth-order valence-corrected chi connectivity index (χ4v) is 2.85. The first-order valence-corrected chi connectivity index (χ1v) is 8.50. The smallest absolute Gasteiger partial charge is 0.276 e. The van der Waals surface area contributed by atoms with Crippen LogP contribution in [0.3, 0.4) is 0 Å². The summed E-state index contributed by atoms with van der Waals surface area (Å²) in [6.07, 6.45) is 1.70. The molecule has 8 heteroatoms. The Morgan fingerprint density at radius 2 is 2.24 bits per heavy atom. The average Bonchev–Trinajstić information content (AvgIpc) is 3.09. The minimum Gasteiger partial charge on any atom is -0.377 e. The van der Waals surface area contributed by atoms with Gasteiger partial charge in [0, 0.05) is 37.8 Å². The zero-order chi connectivity index (χ0) is 17.8. The van der Waals surface area contributed by atoms with Gasteiger partial charge >= 0.3 is 0 Å². The van der Waals surface area contributed by atoms with E-state index in [-0.39, 0.29) is 11.9 Å². The van der Waals surface area contributed by atoms with Gasteiger partial charge in [0.1, 0.15) is 17.6 Å². The van der Waals surface area contributed by atoms with Crippen molar-refractivity contribution in [1.29, 1.82) is 0 Å². The van der Waals surface area contributed by atoms with Gasteiger partial charge in [-0.2, -0.15) is 0 Å². The van der Waals surface area contributed by atoms with Gasteiger partial charge < -0.3 is 19.5 Å². The summed E-state index contributed by atoms with van der Waals surface area (Å²) in [5, 5.41) is 6.95. The number of aromatic nitrogens is 3. The first-order valence-electron chi connectivity index (χ1n) is 8.50. The SMILES string of the molecule is CCCc1cc(C(=O)N2CCOC[C@@H]2c2nc(C)cc(NC)n2)no1. The molecule has 0 radical (unpaired) electrons. The third-order valence-corrected chi connectivity index (χ3v) is 4.09. The maximum absolute atomic E-state index is 12.9. The third-order valence-electron chi connectivity index (χ3n) is 4.09. The van der Waals surface area contributed by atoms with Crippen LogP contribution >= 0.6 is 0 Å². The van der Waals surface area contributed by atoms with Gasteiger partial charge in [0.2, 0.25) is 0 Å². The van der Waals surface area contributed by atoms with Crippen molar-refractivity contribution in [2.24, 2.45) is 0 Å². The number of nitrogens with one attached hydrogen (secondary N) is 1. The Morgan fingerprint density at radius 1 is 1.40 bits per heavy atom. The largest absolute Gasteiger partial charge is 0.377 e. The molecule has 8 nitrogen and oxygen atoms in total. The topological polar surface area (TPSA) is 93.4 Å². The second-order valence-electron chi connectivity index (χ2n) is 6.02. The highest BCUT2D eigenvalue weighted by atomic mass is 16.5.